The van der Waals surface area contributed by atoms with Crippen LogP contribution in [0.3, 0.4) is 0 Å². The summed E-state index contributed by atoms with van der Waals surface area (Å²) in [5.41, 5.74) is 2.77. The maximum atomic E-state index is 10.4. The van der Waals surface area contributed by atoms with E-state index in [0.717, 1.165) is 5.56 Å². The first-order chi connectivity index (χ1) is 10.5. The summed E-state index contributed by atoms with van der Waals surface area (Å²) in [6.07, 6.45) is 0. The number of nitrogens with zero attached hydrogens (tertiary/aromatic N) is 1. The number of hydrogen-bond acceptors (Lipinski definition) is 5. The zero-order valence-electron chi connectivity index (χ0n) is 11.9. The van der Waals surface area contributed by atoms with Gasteiger partial charge in [0.25, 0.3) is 0 Å². The Kier molecular flexibility index (Phi) is 3.88. The van der Waals surface area contributed by atoms with Crippen LogP contribution in [0.2, 0.25) is 0 Å². The molecule has 0 radical (unpaired) electrons. The van der Waals surface area contributed by atoms with Crippen LogP contribution in [0.15, 0.2) is 39.4 Å². The maximum absolute atomic E-state index is 10.4. The lowest BCUT2D eigenvalue weighted by atomic mass is 10.1. The third-order valence-corrected chi connectivity index (χ3v) is 4.22. The number of methoxy groups -OCH3 is 1. The predicted molar refractivity (Wildman–Crippen MR) is 92.3 cm³/mol. The van der Waals surface area contributed by atoms with Gasteiger partial charge in [0.05, 0.1) is 12.5 Å². The van der Waals surface area contributed by atoms with Crippen molar-refractivity contribution in [2.75, 3.05) is 7.11 Å². The highest BCUT2D eigenvalue weighted by Crippen LogP contribution is 2.38. The largest absolute Gasteiger partial charge is 0.505 e. The minimum atomic E-state index is -0.0489. The normalized spacial score (nSPS) is 10.9. The number of rotatable bonds is 2. The molecule has 3 rings (SSSR count). The van der Waals surface area contributed by atoms with Crippen molar-refractivity contribution in [3.63, 3.8) is 0 Å². The molecule has 112 valence electrons. The van der Waals surface area contributed by atoms with Crippen LogP contribution in [0.5, 0.6) is 5.75 Å². The highest BCUT2D eigenvalue weighted by Gasteiger charge is 2.20. The molecule has 0 bridgehead atoms. The van der Waals surface area contributed by atoms with Crippen LogP contribution < -0.4 is 0 Å². The number of halogens is 1. The third kappa shape index (κ3) is 2.48. The average molecular weight is 378 g/mol. The summed E-state index contributed by atoms with van der Waals surface area (Å²) in [5, 5.41) is 11.0. The molecule has 6 heteroatoms. The van der Waals surface area contributed by atoms with Crippen molar-refractivity contribution >= 4 is 44.2 Å². The van der Waals surface area contributed by atoms with Crippen molar-refractivity contribution in [1.82, 2.24) is 4.98 Å². The van der Waals surface area contributed by atoms with Gasteiger partial charge in [0.1, 0.15) is 10.4 Å². The molecule has 2 heterocycles. The van der Waals surface area contributed by atoms with E-state index in [1.165, 1.54) is 12.7 Å². The Bertz CT molecular complexity index is 871. The lowest BCUT2D eigenvalue weighted by Gasteiger charge is -2.05. The number of fused-ring (bicyclic) bond motifs is 1. The molecule has 0 unspecified atom stereocenters. The van der Waals surface area contributed by atoms with Gasteiger partial charge in [-0.05, 0) is 41.1 Å². The second-order valence-electron chi connectivity index (χ2n) is 4.81. The summed E-state index contributed by atoms with van der Waals surface area (Å²) in [6.45, 7) is 2.02. The molecule has 1 aromatic carbocycles. The van der Waals surface area contributed by atoms with Gasteiger partial charge in [-0.3, -0.25) is 0 Å². The van der Waals surface area contributed by atoms with Gasteiger partial charge < -0.3 is 14.3 Å². The number of thiocarbonyl (C=S) groups is 1. The highest BCUT2D eigenvalue weighted by atomic mass is 79.9. The van der Waals surface area contributed by atoms with Gasteiger partial charge in [-0.15, -0.1) is 0 Å². The molecule has 1 N–H and O–H groups in total. The van der Waals surface area contributed by atoms with E-state index in [-0.39, 0.29) is 16.5 Å². The molecule has 0 saturated heterocycles. The van der Waals surface area contributed by atoms with E-state index >= 15 is 0 Å². The molecular formula is C16H12BrNO3S. The van der Waals surface area contributed by atoms with Gasteiger partial charge in [-0.25, -0.2) is 4.98 Å². The Labute approximate surface area is 140 Å². The maximum Gasteiger partial charge on any atom is 0.213 e. The molecule has 0 fully saturated rings. The molecule has 0 atom stereocenters. The molecular weight excluding hydrogens is 366 g/mol. The summed E-state index contributed by atoms with van der Waals surface area (Å²) in [5.74, 6) is 0.598. The van der Waals surface area contributed by atoms with Crippen molar-refractivity contribution < 1.29 is 14.3 Å². The molecule has 0 saturated carbocycles. The smallest absolute Gasteiger partial charge is 0.213 e. The van der Waals surface area contributed by atoms with Crippen molar-refractivity contribution in [3.05, 3.63) is 46.2 Å². The zero-order chi connectivity index (χ0) is 15.9. The Morgan fingerprint density at radius 1 is 1.32 bits per heavy atom. The van der Waals surface area contributed by atoms with E-state index in [9.17, 15) is 5.11 Å². The van der Waals surface area contributed by atoms with Crippen LogP contribution in [-0.2, 0) is 4.74 Å². The number of aromatic hydroxyl groups is 1. The molecule has 4 nitrogen and oxygen atoms in total. The van der Waals surface area contributed by atoms with E-state index in [1.807, 2.05) is 31.2 Å². The lowest BCUT2D eigenvalue weighted by Crippen LogP contribution is -2.03. The second-order valence-corrected chi connectivity index (χ2v) is 5.93. The van der Waals surface area contributed by atoms with Gasteiger partial charge in [0, 0.05) is 5.56 Å². The fourth-order valence-corrected chi connectivity index (χ4v) is 2.76. The summed E-state index contributed by atoms with van der Waals surface area (Å²) < 4.78 is 11.3. The number of furan rings is 1. The van der Waals surface area contributed by atoms with Gasteiger partial charge in [0.2, 0.25) is 5.05 Å². The van der Waals surface area contributed by atoms with E-state index in [0.29, 0.717) is 21.3 Å². The standard InChI is InChI=1S/C16H12BrNO3S/c1-8-3-5-9(6-4-8)11-7-10-13(19)12(16(22)20-2)18-15(17)14(10)21-11/h3-7,19H,1-2H3. The SMILES string of the molecule is COC(=S)c1nc(Br)c2oc(-c3ccc(C)cc3)cc2c1O. The number of aromatic nitrogens is 1. The molecule has 0 amide bonds. The topological polar surface area (TPSA) is 55.5 Å². The summed E-state index contributed by atoms with van der Waals surface area (Å²) in [4.78, 5) is 4.20. The Morgan fingerprint density at radius 2 is 2.00 bits per heavy atom. The Balaban J connectivity index is 2.21. The van der Waals surface area contributed by atoms with Gasteiger partial charge >= 0.3 is 0 Å². The van der Waals surface area contributed by atoms with Crippen molar-refractivity contribution in [2.24, 2.45) is 0 Å². The molecule has 0 aliphatic carbocycles. The van der Waals surface area contributed by atoms with E-state index in [4.69, 9.17) is 21.4 Å². The van der Waals surface area contributed by atoms with E-state index < -0.39 is 0 Å². The summed E-state index contributed by atoms with van der Waals surface area (Å²) in [7, 11) is 1.44. The van der Waals surface area contributed by atoms with Crippen LogP contribution in [0.25, 0.3) is 22.3 Å². The first-order valence-electron chi connectivity index (χ1n) is 6.48. The van der Waals surface area contributed by atoms with Crippen LogP contribution in [0.4, 0.5) is 0 Å². The molecule has 22 heavy (non-hydrogen) atoms. The Morgan fingerprint density at radius 3 is 2.64 bits per heavy atom. The van der Waals surface area contributed by atoms with Crippen molar-refractivity contribution in [2.45, 2.75) is 6.92 Å². The van der Waals surface area contributed by atoms with Gasteiger partial charge in [-0.1, -0.05) is 29.8 Å². The zero-order valence-corrected chi connectivity index (χ0v) is 14.3. The monoisotopic (exact) mass is 377 g/mol. The van der Waals surface area contributed by atoms with Crippen molar-refractivity contribution in [1.29, 1.82) is 0 Å². The van der Waals surface area contributed by atoms with Crippen LogP contribution >= 0.6 is 28.1 Å². The summed E-state index contributed by atoms with van der Waals surface area (Å²) >= 11 is 8.40. The lowest BCUT2D eigenvalue weighted by molar-refractivity contribution is 0.408. The fourth-order valence-electron chi connectivity index (χ4n) is 2.15. The van der Waals surface area contributed by atoms with Gasteiger partial charge in [-0.2, -0.15) is 0 Å². The molecule has 3 aromatic rings. The van der Waals surface area contributed by atoms with Crippen LogP contribution in [0, 0.1) is 6.92 Å². The first-order valence-corrected chi connectivity index (χ1v) is 7.68. The first kappa shape index (κ1) is 15.0. The second kappa shape index (κ2) is 5.70. The predicted octanol–water partition coefficient (Wildman–Crippen LogP) is 4.59. The molecule has 2 aromatic heterocycles. The van der Waals surface area contributed by atoms with Crippen LogP contribution in [0.1, 0.15) is 11.3 Å². The molecule has 0 spiro atoms. The Hall–Kier alpha value is -1.92. The van der Waals surface area contributed by atoms with E-state index in [2.05, 4.69) is 20.9 Å². The number of ether oxygens (including phenoxy) is 1. The van der Waals surface area contributed by atoms with E-state index in [1.54, 1.807) is 6.07 Å². The number of pyridine rings is 1. The molecule has 0 aliphatic rings. The fraction of sp³-hybridized carbons (Fsp3) is 0.125. The number of hydrogen-bond donors (Lipinski definition) is 1. The quantitative estimate of drug-likeness (QED) is 0.522. The van der Waals surface area contributed by atoms with Crippen molar-refractivity contribution in [3.8, 4) is 17.1 Å². The third-order valence-electron chi connectivity index (χ3n) is 3.32. The minimum absolute atomic E-state index is 0.0489. The average Bonchev–Trinajstić information content (AvgIpc) is 2.97. The highest BCUT2D eigenvalue weighted by molar-refractivity contribution is 9.10. The van der Waals surface area contributed by atoms with Crippen LogP contribution in [-0.4, -0.2) is 22.3 Å². The number of aryl methyl sites for hydroxylation is 1. The summed E-state index contributed by atoms with van der Waals surface area (Å²) in [6, 6.07) is 9.70. The minimum Gasteiger partial charge on any atom is -0.505 e. The number of benzene rings is 1. The van der Waals surface area contributed by atoms with Gasteiger partial charge in [0.15, 0.2) is 17.0 Å². The molecule has 0 aliphatic heterocycles.